The number of esters is 2. The Kier molecular flexibility index (Phi) is 9.28. The molecule has 0 aromatic carbocycles. The van der Waals surface area contributed by atoms with Gasteiger partial charge >= 0.3 is 51.0 Å². The second-order valence-corrected chi connectivity index (χ2v) is 8.42. The number of carbonyl (C=O) groups excluding carboxylic acids is 2. The first-order valence-corrected chi connectivity index (χ1v) is 11.8. The summed E-state index contributed by atoms with van der Waals surface area (Å²) in [7, 11) is -10.7. The summed E-state index contributed by atoms with van der Waals surface area (Å²) in [6.45, 7) is 7.75. The van der Waals surface area contributed by atoms with Crippen molar-refractivity contribution in [2.75, 3.05) is 52.6 Å². The van der Waals surface area contributed by atoms with Gasteiger partial charge in [0.1, 0.15) is 13.1 Å². The number of rotatable bonds is 5. The van der Waals surface area contributed by atoms with Gasteiger partial charge in [-0.25, -0.2) is 19.1 Å². The van der Waals surface area contributed by atoms with Gasteiger partial charge in [0.25, 0.3) is 5.71 Å². The first-order chi connectivity index (χ1) is 14.6. The molecule has 0 aliphatic carbocycles. The van der Waals surface area contributed by atoms with Gasteiger partial charge in [-0.1, -0.05) is 5.16 Å². The third-order valence-electron chi connectivity index (χ3n) is 3.81. The fraction of sp³-hybridized carbons (Fsp3) is 0.750. The molecule has 0 unspecified atom stereocenters. The second-order valence-electron chi connectivity index (χ2n) is 6.51. The molecule has 9 nitrogen and oxygen atoms in total. The van der Waals surface area contributed by atoms with Crippen LogP contribution in [0.4, 0.5) is 25.2 Å². The van der Waals surface area contributed by atoms with Gasteiger partial charge in [0.15, 0.2) is 0 Å². The third-order valence-corrected chi connectivity index (χ3v) is 3.81. The summed E-state index contributed by atoms with van der Waals surface area (Å²) in [6.07, 6.45) is 2.12. The summed E-state index contributed by atoms with van der Waals surface area (Å²) in [6, 6.07) is 0.534. The molecule has 2 aliphatic heterocycles. The van der Waals surface area contributed by atoms with Crippen molar-refractivity contribution in [1.82, 2.24) is 4.90 Å². The van der Waals surface area contributed by atoms with Crippen LogP contribution in [0.5, 0.6) is 0 Å². The van der Waals surface area contributed by atoms with Crippen LogP contribution in [-0.4, -0.2) is 85.8 Å². The third kappa shape index (κ3) is 12.6. The van der Waals surface area contributed by atoms with Crippen LogP contribution >= 0.6 is 7.81 Å². The Morgan fingerprint density at radius 1 is 0.938 bits per heavy atom. The van der Waals surface area contributed by atoms with E-state index in [2.05, 4.69) is 9.73 Å². The molecular weight excluding hydrogens is 475 g/mol. The topological polar surface area (TPSA) is 89.7 Å². The molecule has 2 aliphatic rings. The van der Waals surface area contributed by atoms with Gasteiger partial charge in [-0.15, -0.1) is 0 Å². The van der Waals surface area contributed by atoms with Gasteiger partial charge in [0.05, 0.1) is 39.5 Å². The molecule has 0 radical (unpaired) electrons. The Balaban J connectivity index is 0.000000633. The summed E-state index contributed by atoms with van der Waals surface area (Å²) in [4.78, 5) is 31.5. The average Bonchev–Trinajstić information content (AvgIpc) is 3.18. The van der Waals surface area contributed by atoms with Crippen molar-refractivity contribution in [3.8, 4) is 0 Å². The van der Waals surface area contributed by atoms with Crippen LogP contribution in [0.2, 0.25) is 0 Å². The Labute approximate surface area is 180 Å². The van der Waals surface area contributed by atoms with E-state index in [1.807, 2.05) is 4.90 Å². The Morgan fingerprint density at radius 2 is 1.38 bits per heavy atom. The van der Waals surface area contributed by atoms with Crippen molar-refractivity contribution >= 4 is 31.5 Å². The number of hydrogen-bond acceptors (Lipinski definition) is 7. The van der Waals surface area contributed by atoms with E-state index in [4.69, 9.17) is 19.0 Å². The van der Waals surface area contributed by atoms with E-state index in [-0.39, 0.29) is 13.2 Å². The van der Waals surface area contributed by atoms with E-state index in [0.717, 1.165) is 25.9 Å². The molecule has 0 saturated carbocycles. The van der Waals surface area contributed by atoms with Gasteiger partial charge in [-0.05, 0) is 26.7 Å². The quantitative estimate of drug-likeness (QED) is 0.0835. The summed E-state index contributed by atoms with van der Waals surface area (Å²) < 4.78 is 76.4. The van der Waals surface area contributed by atoms with E-state index >= 15 is 0 Å². The Bertz CT molecular complexity index is 699. The molecule has 32 heavy (non-hydrogen) atoms. The number of amidine groups is 1. The maximum atomic E-state index is 12.0. The zero-order chi connectivity index (χ0) is 24.5. The Morgan fingerprint density at radius 3 is 1.78 bits per heavy atom. The zero-order valence-corrected chi connectivity index (χ0v) is 18.5. The van der Waals surface area contributed by atoms with E-state index in [0.29, 0.717) is 32.3 Å². The van der Waals surface area contributed by atoms with Crippen LogP contribution < -0.4 is 0 Å². The first kappa shape index (κ1) is 27.9. The van der Waals surface area contributed by atoms with Crippen molar-refractivity contribution in [1.29, 1.82) is 0 Å². The van der Waals surface area contributed by atoms with Crippen molar-refractivity contribution in [2.24, 2.45) is 5.16 Å². The summed E-state index contributed by atoms with van der Waals surface area (Å²) in [5.74, 6) is -1.72. The number of ether oxygens (including phenoxy) is 3. The van der Waals surface area contributed by atoms with Crippen LogP contribution in [0.15, 0.2) is 5.16 Å². The molecule has 16 heteroatoms. The SMILES string of the molecule is CCOC(=O)C(=NOC(N1CCOCC1)=[N+]1CCCC1)C(=O)OCC.F[P-](F)(F)(F)(F)F. The van der Waals surface area contributed by atoms with E-state index in [1.54, 1.807) is 13.8 Å². The normalized spacial score (nSPS) is 18.4. The van der Waals surface area contributed by atoms with E-state index < -0.39 is 25.5 Å². The fourth-order valence-electron chi connectivity index (χ4n) is 2.62. The minimum absolute atomic E-state index is 0.128. The molecule has 0 amide bonds. The van der Waals surface area contributed by atoms with Gasteiger partial charge in [0.2, 0.25) is 0 Å². The predicted molar refractivity (Wildman–Crippen MR) is 102 cm³/mol. The molecular formula is C16H26F6N3O6P. The fourth-order valence-corrected chi connectivity index (χ4v) is 2.62. The van der Waals surface area contributed by atoms with Gasteiger partial charge in [-0.2, -0.15) is 0 Å². The molecule has 0 aromatic rings. The van der Waals surface area contributed by atoms with Crippen molar-refractivity contribution in [3.05, 3.63) is 0 Å². The molecule has 2 heterocycles. The van der Waals surface area contributed by atoms with Crippen LogP contribution in [0.3, 0.4) is 0 Å². The minimum atomic E-state index is -10.7. The van der Waals surface area contributed by atoms with Crippen LogP contribution in [0, 0.1) is 0 Å². The molecule has 0 bridgehead atoms. The molecule has 0 atom stereocenters. The summed E-state index contributed by atoms with van der Waals surface area (Å²) in [5.41, 5.74) is -0.492. The number of halogens is 6. The molecule has 2 rings (SSSR count). The van der Waals surface area contributed by atoms with Crippen LogP contribution in [0.25, 0.3) is 0 Å². The summed E-state index contributed by atoms with van der Waals surface area (Å²) in [5, 5.41) is 3.79. The van der Waals surface area contributed by atoms with E-state index in [9.17, 15) is 34.8 Å². The maximum absolute atomic E-state index is 12.0. The van der Waals surface area contributed by atoms with Crippen LogP contribution in [-0.2, 0) is 28.6 Å². The molecule has 0 aromatic heterocycles. The molecule has 2 saturated heterocycles. The van der Waals surface area contributed by atoms with Crippen molar-refractivity contribution in [3.63, 3.8) is 0 Å². The standard InChI is InChI=1S/C16H26N3O6.F6P/c1-3-23-14(20)13(15(21)24-4-2)17-25-16(18-7-5-6-8-18)19-9-11-22-12-10-19;1-7(2,3,4,5)6/h3-12H2,1-2H3;/q+1;-1. The number of nitrogens with zero attached hydrogens (tertiary/aromatic N) is 3. The number of morpholine rings is 1. The molecule has 0 spiro atoms. The zero-order valence-electron chi connectivity index (χ0n) is 17.6. The average molecular weight is 501 g/mol. The Hall–Kier alpha value is -2.15. The second kappa shape index (κ2) is 10.6. The number of carbonyl (C=O) groups is 2. The molecule has 188 valence electrons. The number of oxime groups is 1. The van der Waals surface area contributed by atoms with Gasteiger partial charge < -0.3 is 14.2 Å². The monoisotopic (exact) mass is 501 g/mol. The van der Waals surface area contributed by atoms with Crippen LogP contribution in [0.1, 0.15) is 26.7 Å². The molecule has 0 N–H and O–H groups in total. The van der Waals surface area contributed by atoms with Gasteiger partial charge in [0, 0.05) is 0 Å². The molecule has 2 fully saturated rings. The van der Waals surface area contributed by atoms with Crippen molar-refractivity contribution in [2.45, 2.75) is 26.7 Å². The summed E-state index contributed by atoms with van der Waals surface area (Å²) >= 11 is 0. The first-order valence-electron chi connectivity index (χ1n) is 9.72. The predicted octanol–water partition coefficient (Wildman–Crippen LogP) is 3.36. The van der Waals surface area contributed by atoms with E-state index in [1.165, 1.54) is 0 Å². The number of hydrogen-bond donors (Lipinski definition) is 0. The van der Waals surface area contributed by atoms with Crippen molar-refractivity contribution < 1.29 is 58.4 Å². The van der Waals surface area contributed by atoms with Gasteiger partial charge in [-0.3, -0.25) is 4.84 Å².